The van der Waals surface area contributed by atoms with Crippen molar-refractivity contribution in [1.82, 2.24) is 15.1 Å². The van der Waals surface area contributed by atoms with E-state index in [-0.39, 0.29) is 30.7 Å². The number of hydrogen-bond acceptors (Lipinski definition) is 4. The molecular formula is C19H31Cl2N3O2. The van der Waals surface area contributed by atoms with Crippen LogP contribution in [0, 0.1) is 6.92 Å². The van der Waals surface area contributed by atoms with Gasteiger partial charge in [-0.05, 0) is 30.9 Å². The van der Waals surface area contributed by atoms with Gasteiger partial charge in [0.25, 0.3) is 0 Å². The van der Waals surface area contributed by atoms with Gasteiger partial charge >= 0.3 is 0 Å². The van der Waals surface area contributed by atoms with Crippen LogP contribution in [0.1, 0.15) is 24.0 Å². The molecule has 2 aliphatic heterocycles. The third-order valence-electron chi connectivity index (χ3n) is 5.05. The van der Waals surface area contributed by atoms with E-state index in [0.717, 1.165) is 58.7 Å². The predicted molar refractivity (Wildman–Crippen MR) is 109 cm³/mol. The molecule has 0 aromatic heterocycles. The van der Waals surface area contributed by atoms with Gasteiger partial charge in [-0.1, -0.05) is 24.3 Å². The molecule has 2 saturated heterocycles. The standard InChI is InChI=1S/C19H29N3O2.2ClH/c1-16-5-2-3-6-17(16)15-21-8-10-22(11-9-21)19(23)14-20-13-18-7-4-12-24-18;;/h2-3,5-6,18,20H,4,7-15H2,1H3;2*1H. The number of ether oxygens (including phenoxy) is 1. The maximum atomic E-state index is 12.3. The van der Waals surface area contributed by atoms with E-state index in [4.69, 9.17) is 4.74 Å². The molecule has 1 unspecified atom stereocenters. The van der Waals surface area contributed by atoms with E-state index < -0.39 is 0 Å². The van der Waals surface area contributed by atoms with E-state index >= 15 is 0 Å². The van der Waals surface area contributed by atoms with Crippen LogP contribution in [0.4, 0.5) is 0 Å². The van der Waals surface area contributed by atoms with Crippen LogP contribution in [0.3, 0.4) is 0 Å². The van der Waals surface area contributed by atoms with Gasteiger partial charge in [0, 0.05) is 45.9 Å². The van der Waals surface area contributed by atoms with Crippen LogP contribution < -0.4 is 5.32 Å². The van der Waals surface area contributed by atoms with E-state index in [1.165, 1.54) is 11.1 Å². The second-order valence-corrected chi connectivity index (χ2v) is 6.85. The molecule has 0 bridgehead atoms. The summed E-state index contributed by atoms with van der Waals surface area (Å²) < 4.78 is 5.57. The van der Waals surface area contributed by atoms with Gasteiger partial charge in [0.2, 0.25) is 5.91 Å². The summed E-state index contributed by atoms with van der Waals surface area (Å²) in [4.78, 5) is 16.7. The summed E-state index contributed by atoms with van der Waals surface area (Å²) in [5, 5.41) is 3.25. The van der Waals surface area contributed by atoms with Gasteiger partial charge in [0.1, 0.15) is 0 Å². The molecule has 0 aliphatic carbocycles. The van der Waals surface area contributed by atoms with Crippen molar-refractivity contribution in [2.24, 2.45) is 0 Å². The lowest BCUT2D eigenvalue weighted by Gasteiger charge is -2.35. The monoisotopic (exact) mass is 403 g/mol. The Hall–Kier alpha value is -0.850. The molecule has 7 heteroatoms. The lowest BCUT2D eigenvalue weighted by Crippen LogP contribution is -2.50. The zero-order valence-electron chi connectivity index (χ0n) is 15.5. The lowest BCUT2D eigenvalue weighted by atomic mass is 10.1. The van der Waals surface area contributed by atoms with Gasteiger partial charge in [0.05, 0.1) is 12.6 Å². The molecule has 26 heavy (non-hydrogen) atoms. The number of carbonyl (C=O) groups excluding carboxylic acids is 1. The van der Waals surface area contributed by atoms with Gasteiger partial charge in [0.15, 0.2) is 0 Å². The van der Waals surface area contributed by atoms with Crippen molar-refractivity contribution in [3.8, 4) is 0 Å². The summed E-state index contributed by atoms with van der Waals surface area (Å²) in [5.41, 5.74) is 2.73. The number of nitrogens with one attached hydrogen (secondary N) is 1. The summed E-state index contributed by atoms with van der Waals surface area (Å²) in [5.74, 6) is 0.212. The summed E-state index contributed by atoms with van der Waals surface area (Å²) in [6.07, 6.45) is 2.55. The van der Waals surface area contributed by atoms with E-state index in [2.05, 4.69) is 41.4 Å². The molecule has 148 valence electrons. The van der Waals surface area contributed by atoms with Crippen molar-refractivity contribution in [1.29, 1.82) is 0 Å². The second kappa shape index (κ2) is 11.8. The van der Waals surface area contributed by atoms with E-state index in [9.17, 15) is 4.79 Å². The summed E-state index contributed by atoms with van der Waals surface area (Å²) in [6.45, 7) is 8.77. The molecular weight excluding hydrogens is 373 g/mol. The summed E-state index contributed by atoms with van der Waals surface area (Å²) in [7, 11) is 0. The molecule has 1 N–H and O–H groups in total. The molecule has 1 aromatic carbocycles. The number of halogens is 2. The second-order valence-electron chi connectivity index (χ2n) is 6.85. The molecule has 2 aliphatic rings. The number of benzene rings is 1. The Labute approximate surface area is 169 Å². The highest BCUT2D eigenvalue weighted by Crippen LogP contribution is 2.13. The first-order chi connectivity index (χ1) is 11.7. The maximum absolute atomic E-state index is 12.3. The predicted octanol–water partition coefficient (Wildman–Crippen LogP) is 2.25. The maximum Gasteiger partial charge on any atom is 0.236 e. The lowest BCUT2D eigenvalue weighted by molar-refractivity contribution is -0.132. The fraction of sp³-hybridized carbons (Fsp3) is 0.632. The quantitative estimate of drug-likeness (QED) is 0.790. The Bertz CT molecular complexity index is 545. The largest absolute Gasteiger partial charge is 0.377 e. The normalized spacial score (nSPS) is 20.3. The van der Waals surface area contributed by atoms with Crippen molar-refractivity contribution in [2.45, 2.75) is 32.4 Å². The Balaban J connectivity index is 0.00000169. The Morgan fingerprint density at radius 3 is 2.58 bits per heavy atom. The van der Waals surface area contributed by atoms with Gasteiger partial charge < -0.3 is 15.0 Å². The van der Waals surface area contributed by atoms with Gasteiger partial charge in [-0.2, -0.15) is 0 Å². The zero-order chi connectivity index (χ0) is 16.8. The number of amides is 1. The van der Waals surface area contributed by atoms with Crippen LogP contribution in [-0.2, 0) is 16.1 Å². The van der Waals surface area contributed by atoms with Crippen molar-refractivity contribution >= 4 is 30.7 Å². The molecule has 2 fully saturated rings. The molecule has 1 atom stereocenters. The number of hydrogen-bond donors (Lipinski definition) is 1. The molecule has 1 aromatic rings. The molecule has 0 saturated carbocycles. The van der Waals surface area contributed by atoms with Gasteiger partial charge in [-0.15, -0.1) is 24.8 Å². The fourth-order valence-electron chi connectivity index (χ4n) is 3.44. The summed E-state index contributed by atoms with van der Waals surface area (Å²) >= 11 is 0. The van der Waals surface area contributed by atoms with Crippen LogP contribution in [0.25, 0.3) is 0 Å². The highest BCUT2D eigenvalue weighted by atomic mass is 35.5. The Morgan fingerprint density at radius 2 is 1.92 bits per heavy atom. The fourth-order valence-corrected chi connectivity index (χ4v) is 3.44. The van der Waals surface area contributed by atoms with E-state index in [1.807, 2.05) is 4.90 Å². The van der Waals surface area contributed by atoms with Crippen LogP contribution in [-0.4, -0.2) is 67.7 Å². The SMILES string of the molecule is Cc1ccccc1CN1CCN(C(=O)CNCC2CCCO2)CC1.Cl.Cl. The smallest absolute Gasteiger partial charge is 0.236 e. The van der Waals surface area contributed by atoms with Crippen LogP contribution in [0.15, 0.2) is 24.3 Å². The van der Waals surface area contributed by atoms with Crippen molar-refractivity contribution in [3.05, 3.63) is 35.4 Å². The molecule has 0 spiro atoms. The van der Waals surface area contributed by atoms with E-state index in [1.54, 1.807) is 0 Å². The average molecular weight is 404 g/mol. The molecule has 5 nitrogen and oxygen atoms in total. The first-order valence-electron chi connectivity index (χ1n) is 9.09. The van der Waals surface area contributed by atoms with Crippen molar-refractivity contribution in [3.63, 3.8) is 0 Å². The van der Waals surface area contributed by atoms with Crippen LogP contribution in [0.2, 0.25) is 0 Å². The van der Waals surface area contributed by atoms with Crippen LogP contribution in [0.5, 0.6) is 0 Å². The van der Waals surface area contributed by atoms with Crippen LogP contribution >= 0.6 is 24.8 Å². The third kappa shape index (κ3) is 6.71. The first kappa shape index (κ1) is 23.2. The Kier molecular flexibility index (Phi) is 10.5. The average Bonchev–Trinajstić information content (AvgIpc) is 3.11. The number of carbonyl (C=O) groups is 1. The van der Waals surface area contributed by atoms with Crippen molar-refractivity contribution < 1.29 is 9.53 Å². The minimum atomic E-state index is 0. The molecule has 3 rings (SSSR count). The number of nitrogens with zero attached hydrogens (tertiary/aromatic N) is 2. The molecule has 1 amide bonds. The Morgan fingerprint density at radius 1 is 1.19 bits per heavy atom. The van der Waals surface area contributed by atoms with Gasteiger partial charge in [-0.3, -0.25) is 9.69 Å². The number of aryl methyl sites for hydroxylation is 1. The summed E-state index contributed by atoms with van der Waals surface area (Å²) in [6, 6.07) is 8.54. The minimum absolute atomic E-state index is 0. The number of rotatable bonds is 6. The third-order valence-corrected chi connectivity index (χ3v) is 5.05. The molecule has 0 radical (unpaired) electrons. The minimum Gasteiger partial charge on any atom is -0.377 e. The highest BCUT2D eigenvalue weighted by molar-refractivity contribution is 5.85. The molecule has 2 heterocycles. The zero-order valence-corrected chi connectivity index (χ0v) is 17.1. The number of piperazine rings is 1. The highest BCUT2D eigenvalue weighted by Gasteiger charge is 2.22. The van der Waals surface area contributed by atoms with Gasteiger partial charge in [-0.25, -0.2) is 0 Å². The topological polar surface area (TPSA) is 44.8 Å². The van der Waals surface area contributed by atoms with E-state index in [0.29, 0.717) is 12.6 Å². The van der Waals surface area contributed by atoms with Crippen molar-refractivity contribution in [2.75, 3.05) is 45.9 Å². The first-order valence-corrected chi connectivity index (χ1v) is 9.09.